The lowest BCUT2D eigenvalue weighted by atomic mass is 10.0. The van der Waals surface area contributed by atoms with Crippen LogP contribution in [0.2, 0.25) is 0 Å². The Morgan fingerprint density at radius 3 is 2.25 bits per heavy atom. The molecule has 20 heavy (non-hydrogen) atoms. The molecular weight excluding hydrogens is 272 g/mol. The summed E-state index contributed by atoms with van der Waals surface area (Å²) >= 11 is 0. The summed E-state index contributed by atoms with van der Waals surface area (Å²) in [6.45, 7) is 6.53. The van der Waals surface area contributed by atoms with Crippen molar-refractivity contribution in [3.05, 3.63) is 35.1 Å². The Kier molecular flexibility index (Phi) is 5.95. The van der Waals surface area contributed by atoms with Crippen LogP contribution in [0, 0.1) is 5.82 Å². The molecule has 0 aliphatic carbocycles. The quantitative estimate of drug-likeness (QED) is 0.812. The fraction of sp³-hybridized carbons (Fsp3) is 0.571. The van der Waals surface area contributed by atoms with E-state index in [0.29, 0.717) is 12.0 Å². The van der Waals surface area contributed by atoms with Gasteiger partial charge in [0.2, 0.25) is 0 Å². The minimum atomic E-state index is -4.67. The van der Waals surface area contributed by atoms with Crippen LogP contribution in [0.25, 0.3) is 0 Å². The molecule has 0 saturated heterocycles. The predicted octanol–water partition coefficient (Wildman–Crippen LogP) is 3.58. The monoisotopic (exact) mass is 292 g/mol. The zero-order chi connectivity index (χ0) is 15.3. The Bertz CT molecular complexity index is 428. The molecule has 0 amide bonds. The number of hydrogen-bond donors (Lipinski definition) is 1. The number of rotatable bonds is 6. The van der Waals surface area contributed by atoms with Crippen molar-refractivity contribution in [1.29, 1.82) is 0 Å². The molecule has 1 rings (SSSR count). The summed E-state index contributed by atoms with van der Waals surface area (Å²) < 4.78 is 50.8. The van der Waals surface area contributed by atoms with Crippen LogP contribution in [-0.4, -0.2) is 24.5 Å². The molecule has 1 aromatic carbocycles. The van der Waals surface area contributed by atoms with Crippen molar-refractivity contribution in [2.45, 2.75) is 32.5 Å². The molecule has 1 unspecified atom stereocenters. The molecule has 1 aromatic rings. The van der Waals surface area contributed by atoms with Crippen molar-refractivity contribution < 1.29 is 17.6 Å². The summed E-state index contributed by atoms with van der Waals surface area (Å²) in [5.74, 6) is -1.27. The third kappa shape index (κ3) is 4.45. The maximum Gasteiger partial charge on any atom is 0.419 e. The van der Waals surface area contributed by atoms with Crippen molar-refractivity contribution in [2.75, 3.05) is 19.6 Å². The Morgan fingerprint density at radius 2 is 1.80 bits per heavy atom. The standard InChI is InChI=1S/C14H20F4N2/c1-3-20(4-2)8-7-13(19)10-5-6-11(12(15)9-10)14(16,17)18/h5-6,9,13H,3-4,7-8,19H2,1-2H3. The van der Waals surface area contributed by atoms with Gasteiger partial charge in [0.15, 0.2) is 0 Å². The minimum Gasteiger partial charge on any atom is -0.324 e. The van der Waals surface area contributed by atoms with E-state index in [2.05, 4.69) is 4.90 Å². The van der Waals surface area contributed by atoms with Gasteiger partial charge in [-0.05, 0) is 43.8 Å². The van der Waals surface area contributed by atoms with Gasteiger partial charge in [0, 0.05) is 6.04 Å². The lowest BCUT2D eigenvalue weighted by molar-refractivity contribution is -0.140. The van der Waals surface area contributed by atoms with Crippen molar-refractivity contribution in [2.24, 2.45) is 5.73 Å². The van der Waals surface area contributed by atoms with Gasteiger partial charge >= 0.3 is 6.18 Å². The largest absolute Gasteiger partial charge is 0.419 e. The highest BCUT2D eigenvalue weighted by Gasteiger charge is 2.34. The second-order valence-corrected chi connectivity index (χ2v) is 4.66. The first-order valence-corrected chi connectivity index (χ1v) is 6.64. The second kappa shape index (κ2) is 7.04. The van der Waals surface area contributed by atoms with Crippen molar-refractivity contribution in [1.82, 2.24) is 4.90 Å². The zero-order valence-electron chi connectivity index (χ0n) is 11.7. The van der Waals surface area contributed by atoms with Gasteiger partial charge in [-0.1, -0.05) is 19.9 Å². The lowest BCUT2D eigenvalue weighted by Crippen LogP contribution is -2.27. The maximum absolute atomic E-state index is 13.5. The van der Waals surface area contributed by atoms with Gasteiger partial charge in [0.05, 0.1) is 5.56 Å². The Labute approximate surface area is 116 Å². The lowest BCUT2D eigenvalue weighted by Gasteiger charge is -2.21. The number of nitrogens with zero attached hydrogens (tertiary/aromatic N) is 1. The van der Waals surface area contributed by atoms with Crippen LogP contribution < -0.4 is 5.73 Å². The highest BCUT2D eigenvalue weighted by Crippen LogP contribution is 2.32. The van der Waals surface area contributed by atoms with E-state index in [1.807, 2.05) is 13.8 Å². The van der Waals surface area contributed by atoms with Gasteiger partial charge in [-0.15, -0.1) is 0 Å². The highest BCUT2D eigenvalue weighted by atomic mass is 19.4. The molecule has 2 nitrogen and oxygen atoms in total. The number of halogens is 4. The first-order chi connectivity index (χ1) is 9.29. The summed E-state index contributed by atoms with van der Waals surface area (Å²) in [5, 5.41) is 0. The van der Waals surface area contributed by atoms with Crippen LogP contribution >= 0.6 is 0 Å². The number of alkyl halides is 3. The third-order valence-electron chi connectivity index (χ3n) is 3.38. The molecule has 0 aliphatic rings. The van der Waals surface area contributed by atoms with Crippen molar-refractivity contribution >= 4 is 0 Å². The first-order valence-electron chi connectivity index (χ1n) is 6.64. The number of nitrogens with two attached hydrogens (primary N) is 1. The normalized spacial score (nSPS) is 13.8. The van der Waals surface area contributed by atoms with Crippen LogP contribution in [-0.2, 0) is 6.18 Å². The van der Waals surface area contributed by atoms with Gasteiger partial charge in [0.1, 0.15) is 5.82 Å². The molecule has 0 spiro atoms. The zero-order valence-corrected chi connectivity index (χ0v) is 11.7. The first kappa shape index (κ1) is 16.9. The molecule has 0 fully saturated rings. The Morgan fingerprint density at radius 1 is 1.20 bits per heavy atom. The molecule has 114 valence electrons. The molecule has 0 bridgehead atoms. The molecule has 0 radical (unpaired) electrons. The predicted molar refractivity (Wildman–Crippen MR) is 70.7 cm³/mol. The topological polar surface area (TPSA) is 29.3 Å². The molecule has 0 saturated carbocycles. The van der Waals surface area contributed by atoms with E-state index in [9.17, 15) is 17.6 Å². The second-order valence-electron chi connectivity index (χ2n) is 4.66. The molecule has 6 heteroatoms. The van der Waals surface area contributed by atoms with E-state index in [1.165, 1.54) is 6.07 Å². The summed E-state index contributed by atoms with van der Waals surface area (Å²) in [6.07, 6.45) is -4.10. The van der Waals surface area contributed by atoms with Crippen LogP contribution in [0.1, 0.15) is 37.4 Å². The van der Waals surface area contributed by atoms with Crippen LogP contribution in [0.15, 0.2) is 18.2 Å². The van der Waals surface area contributed by atoms with Gasteiger partial charge in [-0.2, -0.15) is 13.2 Å². The van der Waals surface area contributed by atoms with Gasteiger partial charge in [-0.3, -0.25) is 0 Å². The van der Waals surface area contributed by atoms with Crippen molar-refractivity contribution in [3.8, 4) is 0 Å². The fourth-order valence-electron chi connectivity index (χ4n) is 2.02. The van der Waals surface area contributed by atoms with E-state index >= 15 is 0 Å². The van der Waals surface area contributed by atoms with E-state index in [1.54, 1.807) is 0 Å². The van der Waals surface area contributed by atoms with Crippen LogP contribution in [0.3, 0.4) is 0 Å². The summed E-state index contributed by atoms with van der Waals surface area (Å²) in [6, 6.07) is 2.42. The van der Waals surface area contributed by atoms with Crippen molar-refractivity contribution in [3.63, 3.8) is 0 Å². The molecule has 0 heterocycles. The molecule has 0 aromatic heterocycles. The molecule has 2 N–H and O–H groups in total. The molecule has 0 aliphatic heterocycles. The van der Waals surface area contributed by atoms with E-state index < -0.39 is 23.6 Å². The SMILES string of the molecule is CCN(CC)CCC(N)c1ccc(C(F)(F)F)c(F)c1. The van der Waals surface area contributed by atoms with E-state index in [4.69, 9.17) is 5.73 Å². The Hall–Kier alpha value is -1.14. The van der Waals surface area contributed by atoms with Crippen LogP contribution in [0.5, 0.6) is 0 Å². The summed E-state index contributed by atoms with van der Waals surface area (Å²) in [7, 11) is 0. The van der Waals surface area contributed by atoms with Gasteiger partial charge in [-0.25, -0.2) is 4.39 Å². The summed E-state index contributed by atoms with van der Waals surface area (Å²) in [5.41, 5.74) is 5.04. The number of hydrogen-bond acceptors (Lipinski definition) is 2. The van der Waals surface area contributed by atoms with Gasteiger partial charge in [0.25, 0.3) is 0 Å². The highest BCUT2D eigenvalue weighted by molar-refractivity contribution is 5.28. The minimum absolute atomic E-state index is 0.391. The Balaban J connectivity index is 2.75. The van der Waals surface area contributed by atoms with Gasteiger partial charge < -0.3 is 10.6 Å². The smallest absolute Gasteiger partial charge is 0.324 e. The molecular formula is C14H20F4N2. The average Bonchev–Trinajstić information content (AvgIpc) is 2.38. The van der Waals surface area contributed by atoms with E-state index in [0.717, 1.165) is 31.8 Å². The number of benzene rings is 1. The fourth-order valence-corrected chi connectivity index (χ4v) is 2.02. The van der Waals surface area contributed by atoms with Crippen LogP contribution in [0.4, 0.5) is 17.6 Å². The maximum atomic E-state index is 13.5. The average molecular weight is 292 g/mol. The van der Waals surface area contributed by atoms with E-state index in [-0.39, 0.29) is 0 Å². The summed E-state index contributed by atoms with van der Waals surface area (Å²) in [4.78, 5) is 2.15. The molecule has 1 atom stereocenters. The third-order valence-corrected chi connectivity index (χ3v) is 3.38.